The molecule has 0 aliphatic carbocycles. The van der Waals surface area contributed by atoms with E-state index in [0.717, 1.165) is 0 Å². The van der Waals surface area contributed by atoms with Crippen LogP contribution >= 0.6 is 0 Å². The Balaban J connectivity index is 3.02. The van der Waals surface area contributed by atoms with E-state index in [1.165, 1.54) is 13.0 Å². The van der Waals surface area contributed by atoms with E-state index in [-0.39, 0.29) is 5.71 Å². The maximum absolute atomic E-state index is 11.9. The molecule has 0 aliphatic heterocycles. The van der Waals surface area contributed by atoms with E-state index in [4.69, 9.17) is 0 Å². The molecular formula is C5H4BF. The Hall–Kier alpha value is -0.655. The zero-order chi connectivity index (χ0) is 5.11. The summed E-state index contributed by atoms with van der Waals surface area (Å²) in [5.74, 6) is 1.66. The maximum atomic E-state index is 11.9. The third-order valence-corrected chi connectivity index (χ3v) is 0.733. The van der Waals surface area contributed by atoms with E-state index in [9.17, 15) is 4.39 Å². The first-order chi connectivity index (χ1) is 3.39. The molecule has 0 aromatic carbocycles. The Labute approximate surface area is 42.2 Å². The van der Waals surface area contributed by atoms with Crippen LogP contribution in [0, 0.1) is 5.71 Å². The minimum absolute atomic E-state index is 0.178. The van der Waals surface area contributed by atoms with Crippen LogP contribution in [0.5, 0.6) is 0 Å². The van der Waals surface area contributed by atoms with E-state index < -0.39 is 0 Å². The third-order valence-electron chi connectivity index (χ3n) is 0.733. The molecule has 0 atom stereocenters. The van der Waals surface area contributed by atoms with Crippen molar-refractivity contribution in [2.45, 2.75) is 0 Å². The van der Waals surface area contributed by atoms with Crippen LogP contribution < -0.4 is 0 Å². The Kier molecular flexibility index (Phi) is 1.20. The van der Waals surface area contributed by atoms with Crippen LogP contribution in [0.25, 0.3) is 0 Å². The molecular weight excluding hydrogens is 89.9 g/mol. The van der Waals surface area contributed by atoms with Gasteiger partial charge in [-0.1, -0.05) is 0 Å². The second kappa shape index (κ2) is 1.87. The fourth-order valence-corrected chi connectivity index (χ4v) is 0.415. The van der Waals surface area contributed by atoms with Crippen molar-refractivity contribution in [2.75, 3.05) is 0 Å². The first-order valence-corrected chi connectivity index (χ1v) is 2.10. The standard InChI is InChI=1S/C5H4BF/c7-5-3-1-2-4-6-5/h1-4H. The summed E-state index contributed by atoms with van der Waals surface area (Å²) in [4.78, 5) is 0. The van der Waals surface area contributed by atoms with Gasteiger partial charge in [0.25, 0.3) is 0 Å². The van der Waals surface area contributed by atoms with Gasteiger partial charge in [-0.2, -0.15) is 0 Å². The predicted octanol–water partition coefficient (Wildman–Crippen LogP) is 1.16. The molecule has 34 valence electrons. The molecule has 1 heterocycles. The van der Waals surface area contributed by atoms with Crippen molar-refractivity contribution in [1.29, 1.82) is 0 Å². The second-order valence-electron chi connectivity index (χ2n) is 1.30. The molecule has 0 spiro atoms. The van der Waals surface area contributed by atoms with Crippen molar-refractivity contribution in [2.24, 2.45) is 0 Å². The van der Waals surface area contributed by atoms with Crippen molar-refractivity contribution < 1.29 is 4.39 Å². The molecule has 1 aromatic heterocycles. The molecule has 1 aromatic rings. The van der Waals surface area contributed by atoms with Crippen molar-refractivity contribution in [1.82, 2.24) is 0 Å². The van der Waals surface area contributed by atoms with Crippen molar-refractivity contribution in [3.05, 3.63) is 29.9 Å². The van der Waals surface area contributed by atoms with Gasteiger partial charge in [-0.25, -0.2) is 0 Å². The van der Waals surface area contributed by atoms with Gasteiger partial charge < -0.3 is 0 Å². The Bertz CT molecular complexity index is 138. The van der Waals surface area contributed by atoms with Gasteiger partial charge in [0.1, 0.15) is 0 Å². The predicted molar refractivity (Wildman–Crippen MR) is 27.7 cm³/mol. The topological polar surface area (TPSA) is 0 Å². The molecule has 0 nitrogen and oxygen atoms in total. The number of halogens is 1. The van der Waals surface area contributed by atoms with Crippen molar-refractivity contribution in [3.8, 4) is 0 Å². The van der Waals surface area contributed by atoms with E-state index in [2.05, 4.69) is 0 Å². The molecule has 0 aliphatic rings. The van der Waals surface area contributed by atoms with Crippen LogP contribution in [0.3, 0.4) is 0 Å². The first kappa shape index (κ1) is 4.50. The Morgan fingerprint density at radius 1 is 1.43 bits per heavy atom. The van der Waals surface area contributed by atoms with Gasteiger partial charge in [-0.15, -0.1) is 0 Å². The average Bonchev–Trinajstić information content (AvgIpc) is 1.69. The molecule has 0 amide bonds. The van der Waals surface area contributed by atoms with Crippen LogP contribution in [0.15, 0.2) is 24.2 Å². The summed E-state index contributed by atoms with van der Waals surface area (Å²) in [6.07, 6.45) is 0. The van der Waals surface area contributed by atoms with E-state index in [1.807, 2.05) is 0 Å². The molecule has 0 saturated heterocycles. The summed E-state index contributed by atoms with van der Waals surface area (Å²) in [6, 6.07) is 4.86. The van der Waals surface area contributed by atoms with Gasteiger partial charge in [-0.05, 0) is 0 Å². The normalized spacial score (nSPS) is 8.14. The van der Waals surface area contributed by atoms with Crippen LogP contribution in [0.4, 0.5) is 4.39 Å². The Morgan fingerprint density at radius 2 is 2.29 bits per heavy atom. The minimum atomic E-state index is -0.178. The summed E-state index contributed by atoms with van der Waals surface area (Å²) in [6.45, 7) is 1.42. The molecule has 7 heavy (non-hydrogen) atoms. The van der Waals surface area contributed by atoms with Gasteiger partial charge in [0.05, 0.1) is 0 Å². The number of rotatable bonds is 0. The summed E-state index contributed by atoms with van der Waals surface area (Å²) in [5.41, 5.74) is -0.178. The fraction of sp³-hybridized carbons (Fsp3) is 0. The second-order valence-corrected chi connectivity index (χ2v) is 1.30. The zero-order valence-corrected chi connectivity index (χ0v) is 3.76. The molecule has 2 heteroatoms. The zero-order valence-electron chi connectivity index (χ0n) is 3.76. The van der Waals surface area contributed by atoms with Crippen molar-refractivity contribution >= 4 is 6.91 Å². The summed E-state index contributed by atoms with van der Waals surface area (Å²) in [7, 11) is 0. The van der Waals surface area contributed by atoms with E-state index >= 15 is 0 Å². The third kappa shape index (κ3) is 1.11. The number of hydrogen-bond acceptors (Lipinski definition) is 0. The summed E-state index contributed by atoms with van der Waals surface area (Å²) >= 11 is 0. The monoisotopic (exact) mass is 94.0 g/mol. The molecule has 1 rings (SSSR count). The van der Waals surface area contributed by atoms with Crippen LogP contribution in [-0.4, -0.2) is 6.91 Å². The van der Waals surface area contributed by atoms with Gasteiger partial charge in [0.2, 0.25) is 0 Å². The van der Waals surface area contributed by atoms with Crippen LogP contribution in [0.2, 0.25) is 0 Å². The summed E-state index contributed by atoms with van der Waals surface area (Å²) < 4.78 is 11.9. The number of hydrogen-bond donors (Lipinski definition) is 0. The quantitative estimate of drug-likeness (QED) is 0.452. The SMILES string of the molecule is Fc1bcccc1. The van der Waals surface area contributed by atoms with Gasteiger partial charge in [0.15, 0.2) is 0 Å². The molecule has 0 radical (unpaired) electrons. The molecule has 0 saturated carbocycles. The molecule has 0 unspecified atom stereocenters. The average molecular weight is 93.9 g/mol. The van der Waals surface area contributed by atoms with E-state index in [0.29, 0.717) is 0 Å². The van der Waals surface area contributed by atoms with Crippen molar-refractivity contribution in [3.63, 3.8) is 0 Å². The Morgan fingerprint density at radius 3 is 2.57 bits per heavy atom. The first-order valence-electron chi connectivity index (χ1n) is 2.10. The fourth-order valence-electron chi connectivity index (χ4n) is 0.415. The molecule has 0 bridgehead atoms. The molecule has 0 N–H and O–H groups in total. The summed E-state index contributed by atoms with van der Waals surface area (Å²) in [5, 5.41) is 0. The van der Waals surface area contributed by atoms with E-state index in [1.54, 1.807) is 18.1 Å². The van der Waals surface area contributed by atoms with Gasteiger partial charge in [-0.3, -0.25) is 0 Å². The molecule has 0 fully saturated rings. The van der Waals surface area contributed by atoms with Gasteiger partial charge >= 0.3 is 41.2 Å². The van der Waals surface area contributed by atoms with Crippen LogP contribution in [0.1, 0.15) is 0 Å². The van der Waals surface area contributed by atoms with Crippen LogP contribution in [-0.2, 0) is 0 Å². The van der Waals surface area contributed by atoms with Gasteiger partial charge in [0, 0.05) is 0 Å².